The molecule has 0 radical (unpaired) electrons. The molecule has 49 heavy (non-hydrogen) atoms. The number of aromatic nitrogens is 3. The van der Waals surface area contributed by atoms with Crippen molar-refractivity contribution in [2.24, 2.45) is 0 Å². The largest absolute Gasteiger partial charge is 0.573 e. The molecule has 16 heteroatoms. The van der Waals surface area contributed by atoms with Gasteiger partial charge in [-0.15, -0.1) is 30.0 Å². The third-order valence-corrected chi connectivity index (χ3v) is 8.71. The van der Waals surface area contributed by atoms with Crippen molar-refractivity contribution in [2.75, 3.05) is 24.3 Å². The summed E-state index contributed by atoms with van der Waals surface area (Å²) >= 11 is 1.29. The number of aryl methyl sites for hydroxylation is 1. The van der Waals surface area contributed by atoms with Crippen molar-refractivity contribution in [1.82, 2.24) is 25.2 Å². The topological polar surface area (TPSA) is 102 Å². The van der Waals surface area contributed by atoms with E-state index in [-0.39, 0.29) is 41.5 Å². The van der Waals surface area contributed by atoms with Crippen LogP contribution in [0, 0.1) is 6.92 Å². The molecule has 5 rings (SSSR count). The summed E-state index contributed by atoms with van der Waals surface area (Å²) in [7, 11) is 1.72. The van der Waals surface area contributed by atoms with Crippen molar-refractivity contribution < 1.29 is 41.0 Å². The maximum absolute atomic E-state index is 13.5. The van der Waals surface area contributed by atoms with Crippen molar-refractivity contribution in [3.63, 3.8) is 0 Å². The minimum atomic E-state index is -4.78. The standard InChI is InChI=1S/C33H33F5N6O4S/c1-20-5-14-27(47-18-32(3,34)35)26(15-20)44-29(46)17-49-30(44)16-28(45)40-42(4)21(2)22-6-8-23(9-7-22)31-39-19-43(41-31)24-10-12-25(13-11-24)48-33(36,37)38/h5-15,19,21,30H,16-18H2,1-4H3,(H,40,45). The fourth-order valence-corrected chi connectivity index (χ4v) is 6.13. The molecule has 1 aromatic heterocycles. The number of nitrogens with zero attached hydrogens (tertiary/aromatic N) is 5. The van der Waals surface area contributed by atoms with Gasteiger partial charge in [-0.05, 0) is 61.4 Å². The van der Waals surface area contributed by atoms with Crippen LogP contribution >= 0.6 is 11.8 Å². The molecule has 0 aliphatic carbocycles. The number of anilines is 1. The van der Waals surface area contributed by atoms with E-state index in [4.69, 9.17) is 4.74 Å². The van der Waals surface area contributed by atoms with Crippen LogP contribution in [-0.2, 0) is 9.59 Å². The predicted molar refractivity (Wildman–Crippen MR) is 173 cm³/mol. The van der Waals surface area contributed by atoms with Crippen molar-refractivity contribution in [3.8, 4) is 28.6 Å². The number of hydrazine groups is 1. The number of carbonyl (C=O) groups excluding carboxylic acids is 2. The Hall–Kier alpha value is -4.70. The number of rotatable bonds is 12. The number of hydrogen-bond donors (Lipinski definition) is 1. The molecule has 0 bridgehead atoms. The zero-order chi connectivity index (χ0) is 35.5. The van der Waals surface area contributed by atoms with Crippen LogP contribution in [0.3, 0.4) is 0 Å². The molecule has 1 N–H and O–H groups in total. The molecule has 2 amide bonds. The molecule has 2 atom stereocenters. The Morgan fingerprint density at radius 3 is 2.43 bits per heavy atom. The van der Waals surface area contributed by atoms with E-state index in [1.807, 2.05) is 38.1 Å². The first-order valence-corrected chi connectivity index (χ1v) is 16.1. The van der Waals surface area contributed by atoms with Gasteiger partial charge in [-0.2, -0.15) is 0 Å². The molecule has 4 aromatic rings. The molecule has 3 aromatic carbocycles. The molecular formula is C33H33F5N6O4S. The highest BCUT2D eigenvalue weighted by Gasteiger charge is 2.37. The lowest BCUT2D eigenvalue weighted by Crippen LogP contribution is -2.44. The fourth-order valence-electron chi connectivity index (χ4n) is 5.01. The highest BCUT2D eigenvalue weighted by Crippen LogP contribution is 2.39. The number of thioether (sulfide) groups is 1. The monoisotopic (exact) mass is 704 g/mol. The molecule has 1 aliphatic rings. The predicted octanol–water partition coefficient (Wildman–Crippen LogP) is 6.70. The van der Waals surface area contributed by atoms with Gasteiger partial charge in [0.2, 0.25) is 11.8 Å². The van der Waals surface area contributed by atoms with Gasteiger partial charge in [-0.3, -0.25) is 19.9 Å². The Morgan fingerprint density at radius 2 is 1.78 bits per heavy atom. The summed E-state index contributed by atoms with van der Waals surface area (Å²) < 4.78 is 75.1. The van der Waals surface area contributed by atoms with Gasteiger partial charge >= 0.3 is 6.36 Å². The average molecular weight is 705 g/mol. The van der Waals surface area contributed by atoms with E-state index in [0.717, 1.165) is 18.1 Å². The maximum atomic E-state index is 13.5. The quantitative estimate of drug-likeness (QED) is 0.129. The fraction of sp³-hybridized carbons (Fsp3) is 0.333. The van der Waals surface area contributed by atoms with Gasteiger partial charge in [-0.25, -0.2) is 23.5 Å². The van der Waals surface area contributed by atoms with Crippen LogP contribution in [0.4, 0.5) is 27.6 Å². The number of hydrogen-bond acceptors (Lipinski definition) is 8. The van der Waals surface area contributed by atoms with E-state index in [2.05, 4.69) is 20.2 Å². The molecule has 10 nitrogen and oxygen atoms in total. The van der Waals surface area contributed by atoms with E-state index in [0.29, 0.717) is 22.8 Å². The van der Waals surface area contributed by atoms with E-state index >= 15 is 0 Å². The SMILES string of the molecule is Cc1ccc(OCC(C)(F)F)c(N2C(=O)CSC2CC(=O)NN(C)C(C)c2ccc(-c3ncn(-c4ccc(OC(F)(F)F)cc4)n3)cc2)c1. The summed E-state index contributed by atoms with van der Waals surface area (Å²) in [5.74, 6) is -3.34. The van der Waals surface area contributed by atoms with Crippen LogP contribution in [0.1, 0.15) is 37.4 Å². The molecule has 1 saturated heterocycles. The zero-order valence-corrected chi connectivity index (χ0v) is 27.7. The van der Waals surface area contributed by atoms with Gasteiger partial charge in [0.15, 0.2) is 12.4 Å². The second-order valence-electron chi connectivity index (χ2n) is 11.6. The number of alkyl halides is 5. The van der Waals surface area contributed by atoms with Gasteiger partial charge < -0.3 is 9.47 Å². The van der Waals surface area contributed by atoms with Crippen LogP contribution in [0.15, 0.2) is 73.1 Å². The number of nitrogens with one attached hydrogen (secondary N) is 1. The lowest BCUT2D eigenvalue weighted by molar-refractivity contribution is -0.274. The Morgan fingerprint density at radius 1 is 1.08 bits per heavy atom. The molecule has 1 fully saturated rings. The van der Waals surface area contributed by atoms with Gasteiger partial charge in [-0.1, -0.05) is 30.3 Å². The van der Waals surface area contributed by atoms with Crippen LogP contribution in [0.5, 0.6) is 11.5 Å². The van der Waals surface area contributed by atoms with Crippen LogP contribution in [0.2, 0.25) is 0 Å². The van der Waals surface area contributed by atoms with E-state index in [9.17, 15) is 31.5 Å². The second kappa shape index (κ2) is 14.4. The Bertz CT molecular complexity index is 1780. The third kappa shape index (κ3) is 9.26. The third-order valence-electron chi connectivity index (χ3n) is 7.53. The van der Waals surface area contributed by atoms with Gasteiger partial charge in [0, 0.05) is 19.5 Å². The average Bonchev–Trinajstić information content (AvgIpc) is 3.66. The first-order chi connectivity index (χ1) is 23.1. The Labute approximate surface area is 283 Å². The Balaban J connectivity index is 1.20. The van der Waals surface area contributed by atoms with Gasteiger partial charge in [0.1, 0.15) is 17.8 Å². The molecule has 2 heterocycles. The molecular weight excluding hydrogens is 671 g/mol. The summed E-state index contributed by atoms with van der Waals surface area (Å²) in [6.45, 7) is 3.60. The van der Waals surface area contributed by atoms with Crippen LogP contribution in [-0.4, -0.2) is 68.7 Å². The smallest absolute Gasteiger partial charge is 0.485 e. The highest BCUT2D eigenvalue weighted by atomic mass is 32.2. The second-order valence-corrected chi connectivity index (χ2v) is 12.7. The normalized spacial score (nSPS) is 15.8. The molecule has 260 valence electrons. The van der Waals surface area contributed by atoms with E-state index in [1.54, 1.807) is 30.3 Å². The van der Waals surface area contributed by atoms with Crippen LogP contribution < -0.4 is 19.8 Å². The first-order valence-electron chi connectivity index (χ1n) is 15.0. The van der Waals surface area contributed by atoms with E-state index < -0.39 is 24.3 Å². The van der Waals surface area contributed by atoms with Crippen molar-refractivity contribution >= 4 is 29.3 Å². The minimum Gasteiger partial charge on any atom is -0.485 e. The lowest BCUT2D eigenvalue weighted by Gasteiger charge is -2.29. The summed E-state index contributed by atoms with van der Waals surface area (Å²) in [5, 5.41) is 5.50. The Kier molecular flexibility index (Phi) is 10.5. The summed E-state index contributed by atoms with van der Waals surface area (Å²) in [6, 6.07) is 17.3. The number of amides is 2. The summed E-state index contributed by atoms with van der Waals surface area (Å²) in [5.41, 5.74) is 6.06. The first kappa shape index (κ1) is 35.6. The van der Waals surface area contributed by atoms with Crippen LogP contribution in [0.25, 0.3) is 17.1 Å². The molecule has 1 aliphatic heterocycles. The maximum Gasteiger partial charge on any atom is 0.573 e. The number of carbonyl (C=O) groups is 2. The summed E-state index contributed by atoms with van der Waals surface area (Å²) in [4.78, 5) is 31.8. The molecule has 0 spiro atoms. The summed E-state index contributed by atoms with van der Waals surface area (Å²) in [6.07, 6.45) is -3.38. The minimum absolute atomic E-state index is 0.0455. The van der Waals surface area contributed by atoms with E-state index in [1.165, 1.54) is 51.9 Å². The number of halogens is 5. The van der Waals surface area contributed by atoms with Crippen molar-refractivity contribution in [1.29, 1.82) is 0 Å². The molecule has 2 unspecified atom stereocenters. The number of ether oxygens (including phenoxy) is 2. The lowest BCUT2D eigenvalue weighted by atomic mass is 10.1. The highest BCUT2D eigenvalue weighted by molar-refractivity contribution is 8.01. The van der Waals surface area contributed by atoms with Crippen molar-refractivity contribution in [2.45, 2.75) is 50.9 Å². The zero-order valence-electron chi connectivity index (χ0n) is 26.9. The number of benzene rings is 3. The van der Waals surface area contributed by atoms with Gasteiger partial charge in [0.25, 0.3) is 5.92 Å². The van der Waals surface area contributed by atoms with Gasteiger partial charge in [0.05, 0.1) is 35.0 Å². The van der Waals surface area contributed by atoms with Crippen molar-refractivity contribution in [3.05, 3.63) is 84.2 Å². The molecule has 0 saturated carbocycles.